The highest BCUT2D eigenvalue weighted by atomic mass is 35.5. The zero-order chi connectivity index (χ0) is 21.7. The number of aromatic hydroxyl groups is 1. The molecule has 8 heteroatoms. The molecule has 3 N–H and O–H groups in total. The molecule has 0 saturated carbocycles. The van der Waals surface area contributed by atoms with E-state index in [0.29, 0.717) is 33.1 Å². The van der Waals surface area contributed by atoms with Gasteiger partial charge in [0.2, 0.25) is 0 Å². The van der Waals surface area contributed by atoms with Crippen LogP contribution < -0.4 is 10.7 Å². The molecule has 3 aromatic carbocycles. The summed E-state index contributed by atoms with van der Waals surface area (Å²) in [6.07, 6.45) is 0. The summed E-state index contributed by atoms with van der Waals surface area (Å²) in [7, 11) is 0. The van der Waals surface area contributed by atoms with Gasteiger partial charge in [0.1, 0.15) is 5.75 Å². The Kier molecular flexibility index (Phi) is 6.72. The second kappa shape index (κ2) is 9.43. The molecule has 0 aromatic heterocycles. The lowest BCUT2D eigenvalue weighted by Crippen LogP contribution is -2.19. The first-order valence-corrected chi connectivity index (χ1v) is 9.59. The monoisotopic (exact) mass is 441 g/mol. The van der Waals surface area contributed by atoms with Gasteiger partial charge in [-0.2, -0.15) is 5.10 Å². The van der Waals surface area contributed by atoms with Crippen LogP contribution in [0.3, 0.4) is 0 Å². The molecule has 0 aliphatic rings. The van der Waals surface area contributed by atoms with Crippen LogP contribution in [0.1, 0.15) is 33.2 Å². The maximum absolute atomic E-state index is 12.5. The first kappa shape index (κ1) is 21.4. The van der Waals surface area contributed by atoms with Gasteiger partial charge in [0.15, 0.2) is 0 Å². The van der Waals surface area contributed by atoms with Crippen molar-refractivity contribution in [3.8, 4) is 5.75 Å². The van der Waals surface area contributed by atoms with Gasteiger partial charge in [0, 0.05) is 16.3 Å². The number of phenolic OH excluding ortho intramolecular Hbond substituents is 1. The van der Waals surface area contributed by atoms with Gasteiger partial charge >= 0.3 is 0 Å². The molecule has 0 aliphatic carbocycles. The fourth-order valence-corrected chi connectivity index (χ4v) is 3.06. The minimum atomic E-state index is -0.406. The number of amides is 2. The quantitative estimate of drug-likeness (QED) is 0.379. The van der Waals surface area contributed by atoms with Crippen molar-refractivity contribution < 1.29 is 14.7 Å². The molecule has 152 valence electrons. The highest BCUT2D eigenvalue weighted by Crippen LogP contribution is 2.22. The molecule has 2 amide bonds. The van der Waals surface area contributed by atoms with Gasteiger partial charge in [-0.15, -0.1) is 0 Å². The summed E-state index contributed by atoms with van der Waals surface area (Å²) in [5.74, 6) is -0.704. The highest BCUT2D eigenvalue weighted by molar-refractivity contribution is 6.37. The SMILES string of the molecule is C/C(=N/NC(=O)c1ccc(O)cc1)c1cccc(NC(=O)c2ccc(Cl)cc2Cl)c1. The standard InChI is InChI=1S/C22H17Cl2N3O3/c1-13(26-27-21(29)14-5-8-18(28)9-6-14)15-3-2-4-17(11-15)25-22(30)19-10-7-16(23)12-20(19)24/h2-12,28H,1H3,(H,25,30)(H,27,29)/b26-13-. The number of anilines is 1. The zero-order valence-corrected chi connectivity index (χ0v) is 17.3. The van der Waals surface area contributed by atoms with E-state index in [4.69, 9.17) is 23.2 Å². The van der Waals surface area contributed by atoms with E-state index in [1.165, 1.54) is 30.3 Å². The van der Waals surface area contributed by atoms with Crippen LogP contribution in [-0.2, 0) is 0 Å². The van der Waals surface area contributed by atoms with Crippen molar-refractivity contribution in [1.82, 2.24) is 5.43 Å². The Balaban J connectivity index is 1.70. The summed E-state index contributed by atoms with van der Waals surface area (Å²) in [5.41, 5.74) is 4.93. The first-order valence-electron chi connectivity index (χ1n) is 8.84. The number of hydrazone groups is 1. The molecular weight excluding hydrogens is 425 g/mol. The van der Waals surface area contributed by atoms with Gasteiger partial charge < -0.3 is 10.4 Å². The van der Waals surface area contributed by atoms with E-state index in [9.17, 15) is 14.7 Å². The van der Waals surface area contributed by atoms with E-state index < -0.39 is 5.91 Å². The average molecular weight is 442 g/mol. The lowest BCUT2D eigenvalue weighted by atomic mass is 10.1. The maximum Gasteiger partial charge on any atom is 0.271 e. The van der Waals surface area contributed by atoms with E-state index in [-0.39, 0.29) is 16.7 Å². The highest BCUT2D eigenvalue weighted by Gasteiger charge is 2.12. The van der Waals surface area contributed by atoms with Crippen LogP contribution in [0.25, 0.3) is 0 Å². The number of benzene rings is 3. The summed E-state index contributed by atoms with van der Waals surface area (Å²) < 4.78 is 0. The summed E-state index contributed by atoms with van der Waals surface area (Å²) in [6.45, 7) is 1.73. The van der Waals surface area contributed by atoms with Gasteiger partial charge in [0.25, 0.3) is 11.8 Å². The van der Waals surface area contributed by atoms with Crippen molar-refractivity contribution in [2.75, 3.05) is 5.32 Å². The number of hydrogen-bond acceptors (Lipinski definition) is 4. The third-order valence-electron chi connectivity index (χ3n) is 4.17. The number of hydrogen-bond donors (Lipinski definition) is 3. The van der Waals surface area contributed by atoms with Crippen LogP contribution in [0.4, 0.5) is 5.69 Å². The molecule has 0 unspecified atom stereocenters. The third-order valence-corrected chi connectivity index (χ3v) is 4.72. The lowest BCUT2D eigenvalue weighted by Gasteiger charge is -2.09. The number of nitrogens with one attached hydrogen (secondary N) is 2. The van der Waals surface area contributed by atoms with E-state index in [2.05, 4.69) is 15.8 Å². The summed E-state index contributed by atoms with van der Waals surface area (Å²) in [5, 5.41) is 16.9. The Morgan fingerprint density at radius 1 is 0.900 bits per heavy atom. The molecule has 3 aromatic rings. The molecule has 0 bridgehead atoms. The fraction of sp³-hybridized carbons (Fsp3) is 0.0455. The molecule has 30 heavy (non-hydrogen) atoms. The topological polar surface area (TPSA) is 90.8 Å². The molecule has 6 nitrogen and oxygen atoms in total. The van der Waals surface area contributed by atoms with Crippen LogP contribution in [0, 0.1) is 0 Å². The number of nitrogens with zero attached hydrogens (tertiary/aromatic N) is 1. The van der Waals surface area contributed by atoms with E-state index in [0.717, 1.165) is 0 Å². The van der Waals surface area contributed by atoms with Gasteiger partial charge in [-0.3, -0.25) is 9.59 Å². The van der Waals surface area contributed by atoms with Crippen molar-refractivity contribution in [3.05, 3.63) is 93.5 Å². The van der Waals surface area contributed by atoms with Gasteiger partial charge in [-0.1, -0.05) is 35.3 Å². The summed E-state index contributed by atoms with van der Waals surface area (Å²) in [6, 6.07) is 17.5. The predicted molar refractivity (Wildman–Crippen MR) is 119 cm³/mol. The predicted octanol–water partition coefficient (Wildman–Crippen LogP) is 5.11. The Labute approximate surface area is 183 Å². The van der Waals surface area contributed by atoms with Crippen molar-refractivity contribution in [2.45, 2.75) is 6.92 Å². The minimum Gasteiger partial charge on any atom is -0.508 e. The number of halogens is 2. The molecular formula is C22H17Cl2N3O3. The van der Waals surface area contributed by atoms with Crippen LogP contribution in [-0.4, -0.2) is 22.6 Å². The van der Waals surface area contributed by atoms with Gasteiger partial charge in [-0.05, 0) is 67.1 Å². The Hall–Kier alpha value is -3.35. The number of carbonyl (C=O) groups excluding carboxylic acids is 2. The van der Waals surface area contributed by atoms with Crippen LogP contribution in [0.15, 0.2) is 71.8 Å². The fourth-order valence-electron chi connectivity index (χ4n) is 2.57. The molecule has 0 spiro atoms. The van der Waals surface area contributed by atoms with E-state index in [1.807, 2.05) is 0 Å². The smallest absolute Gasteiger partial charge is 0.271 e. The van der Waals surface area contributed by atoms with Crippen molar-refractivity contribution in [2.24, 2.45) is 5.10 Å². The Bertz CT molecular complexity index is 1130. The lowest BCUT2D eigenvalue weighted by molar-refractivity contribution is 0.0954. The van der Waals surface area contributed by atoms with Crippen molar-refractivity contribution >= 4 is 46.4 Å². The molecule has 3 rings (SSSR count). The molecule has 0 heterocycles. The molecule has 0 atom stereocenters. The van der Waals surface area contributed by atoms with Gasteiger partial charge in [-0.25, -0.2) is 5.43 Å². The molecule has 0 saturated heterocycles. The van der Waals surface area contributed by atoms with Crippen LogP contribution >= 0.6 is 23.2 Å². The van der Waals surface area contributed by atoms with Crippen molar-refractivity contribution in [3.63, 3.8) is 0 Å². The summed E-state index contributed by atoms with van der Waals surface area (Å²) in [4.78, 5) is 24.6. The van der Waals surface area contributed by atoms with Crippen molar-refractivity contribution in [1.29, 1.82) is 0 Å². The maximum atomic E-state index is 12.5. The number of rotatable bonds is 5. The van der Waals surface area contributed by atoms with E-state index >= 15 is 0 Å². The minimum absolute atomic E-state index is 0.0741. The Morgan fingerprint density at radius 2 is 1.63 bits per heavy atom. The zero-order valence-electron chi connectivity index (χ0n) is 15.8. The van der Waals surface area contributed by atoms with Crippen LogP contribution in [0.5, 0.6) is 5.75 Å². The van der Waals surface area contributed by atoms with Crippen LogP contribution in [0.2, 0.25) is 10.0 Å². The molecule has 0 aliphatic heterocycles. The average Bonchev–Trinajstić information content (AvgIpc) is 2.72. The number of carbonyl (C=O) groups is 2. The number of phenols is 1. The second-order valence-electron chi connectivity index (χ2n) is 6.34. The normalized spacial score (nSPS) is 11.1. The second-order valence-corrected chi connectivity index (χ2v) is 7.19. The molecule has 0 radical (unpaired) electrons. The van der Waals surface area contributed by atoms with Gasteiger partial charge in [0.05, 0.1) is 16.3 Å². The Morgan fingerprint density at radius 3 is 2.33 bits per heavy atom. The molecule has 0 fully saturated rings. The third kappa shape index (κ3) is 5.37. The van der Waals surface area contributed by atoms with E-state index in [1.54, 1.807) is 43.3 Å². The first-order chi connectivity index (χ1) is 14.3. The largest absolute Gasteiger partial charge is 0.508 e. The summed E-state index contributed by atoms with van der Waals surface area (Å²) >= 11 is 11.9.